The molecule has 17 heavy (non-hydrogen) atoms. The number of aryl methyl sites for hydroxylation is 1. The number of nitrogen functional groups attached to an aromatic ring is 1. The quantitative estimate of drug-likeness (QED) is 0.789. The number of benzene rings is 1. The average Bonchev–Trinajstić information content (AvgIpc) is 2.69. The molecule has 2 atom stereocenters. The Morgan fingerprint density at radius 2 is 2.35 bits per heavy atom. The molecule has 0 aliphatic heterocycles. The molecule has 2 nitrogen and oxygen atoms in total. The first-order chi connectivity index (χ1) is 8.20. The van der Waals surface area contributed by atoms with Gasteiger partial charge in [0.05, 0.1) is 0 Å². The molecule has 2 unspecified atom stereocenters. The first kappa shape index (κ1) is 12.8. The zero-order valence-corrected chi connectivity index (χ0v) is 11.5. The van der Waals surface area contributed by atoms with Gasteiger partial charge in [-0.1, -0.05) is 13.0 Å². The van der Waals surface area contributed by atoms with E-state index in [1.807, 2.05) is 17.8 Å². The highest BCUT2D eigenvalue weighted by atomic mass is 32.2. The molecule has 0 heterocycles. The van der Waals surface area contributed by atoms with E-state index in [0.717, 1.165) is 24.6 Å². The summed E-state index contributed by atoms with van der Waals surface area (Å²) in [5.41, 5.74) is 9.59. The van der Waals surface area contributed by atoms with Crippen LogP contribution in [0.5, 0.6) is 0 Å². The summed E-state index contributed by atoms with van der Waals surface area (Å²) in [5, 5.41) is 3.69. The number of nitrogens with one attached hydrogen (secondary N) is 1. The molecule has 2 rings (SSSR count). The average molecular weight is 250 g/mol. The van der Waals surface area contributed by atoms with E-state index < -0.39 is 0 Å². The predicted octanol–water partition coefficient (Wildman–Crippen LogP) is 2.84. The molecule has 0 aromatic heterocycles. The zero-order valence-electron chi connectivity index (χ0n) is 10.7. The van der Waals surface area contributed by atoms with Crippen LogP contribution in [0.3, 0.4) is 0 Å². The summed E-state index contributed by atoms with van der Waals surface area (Å²) in [6.07, 6.45) is 4.55. The fourth-order valence-electron chi connectivity index (χ4n) is 2.54. The molecule has 0 fully saturated rings. The minimum atomic E-state index is 0.537. The van der Waals surface area contributed by atoms with Gasteiger partial charge in [-0.15, -0.1) is 0 Å². The number of anilines is 1. The molecule has 0 radical (unpaired) electrons. The van der Waals surface area contributed by atoms with Gasteiger partial charge in [-0.25, -0.2) is 0 Å². The first-order valence-electron chi connectivity index (χ1n) is 6.31. The Morgan fingerprint density at radius 3 is 3.12 bits per heavy atom. The summed E-state index contributed by atoms with van der Waals surface area (Å²) in [6.45, 7) is 3.41. The number of thioether (sulfide) groups is 1. The summed E-state index contributed by atoms with van der Waals surface area (Å²) >= 11 is 1.92. The van der Waals surface area contributed by atoms with Crippen LogP contribution < -0.4 is 11.1 Å². The maximum Gasteiger partial charge on any atom is 0.0326 e. The highest BCUT2D eigenvalue weighted by Gasteiger charge is 2.22. The second-order valence-corrected chi connectivity index (χ2v) is 5.93. The Hall–Kier alpha value is -0.670. The Balaban J connectivity index is 1.93. The van der Waals surface area contributed by atoms with Crippen LogP contribution in [0, 0.1) is 5.92 Å². The van der Waals surface area contributed by atoms with Gasteiger partial charge in [0.2, 0.25) is 0 Å². The topological polar surface area (TPSA) is 38.0 Å². The second-order valence-electron chi connectivity index (χ2n) is 5.02. The van der Waals surface area contributed by atoms with Crippen LogP contribution in [0.15, 0.2) is 18.2 Å². The molecular formula is C14H22N2S. The van der Waals surface area contributed by atoms with Crippen LogP contribution in [-0.2, 0) is 6.42 Å². The van der Waals surface area contributed by atoms with Gasteiger partial charge in [-0.3, -0.25) is 0 Å². The molecule has 1 aromatic rings. The largest absolute Gasteiger partial charge is 0.399 e. The molecule has 3 heteroatoms. The van der Waals surface area contributed by atoms with Crippen LogP contribution in [0.4, 0.5) is 5.69 Å². The molecule has 3 N–H and O–H groups in total. The summed E-state index contributed by atoms with van der Waals surface area (Å²) in [4.78, 5) is 0. The lowest BCUT2D eigenvalue weighted by Crippen LogP contribution is -2.25. The SMILES string of the molecule is CSCC(C)CNC1CCc2cc(N)ccc21. The number of fused-ring (bicyclic) bond motifs is 1. The summed E-state index contributed by atoms with van der Waals surface area (Å²) in [7, 11) is 0. The number of hydrogen-bond acceptors (Lipinski definition) is 3. The van der Waals surface area contributed by atoms with Crippen molar-refractivity contribution in [2.24, 2.45) is 5.92 Å². The molecule has 0 amide bonds. The molecule has 0 spiro atoms. The summed E-state index contributed by atoms with van der Waals surface area (Å²) in [5.74, 6) is 1.97. The van der Waals surface area contributed by atoms with Gasteiger partial charge in [0.1, 0.15) is 0 Å². The minimum Gasteiger partial charge on any atom is -0.399 e. The number of hydrogen-bond donors (Lipinski definition) is 2. The highest BCUT2D eigenvalue weighted by Crippen LogP contribution is 2.32. The van der Waals surface area contributed by atoms with Crippen LogP contribution in [0.2, 0.25) is 0 Å². The van der Waals surface area contributed by atoms with Crippen LogP contribution in [0.1, 0.15) is 30.5 Å². The van der Waals surface area contributed by atoms with E-state index in [-0.39, 0.29) is 0 Å². The third-order valence-corrected chi connectivity index (χ3v) is 4.31. The van der Waals surface area contributed by atoms with Gasteiger partial charge < -0.3 is 11.1 Å². The second kappa shape index (κ2) is 5.78. The Morgan fingerprint density at radius 1 is 1.53 bits per heavy atom. The van der Waals surface area contributed by atoms with E-state index in [0.29, 0.717) is 6.04 Å². The molecule has 0 saturated carbocycles. The van der Waals surface area contributed by atoms with Crippen molar-refractivity contribution in [2.75, 3.05) is 24.3 Å². The Kier molecular flexibility index (Phi) is 4.35. The van der Waals surface area contributed by atoms with E-state index in [2.05, 4.69) is 30.6 Å². The van der Waals surface area contributed by atoms with Crippen molar-refractivity contribution in [3.05, 3.63) is 29.3 Å². The summed E-state index contributed by atoms with van der Waals surface area (Å²) in [6, 6.07) is 6.87. The van der Waals surface area contributed by atoms with Gasteiger partial charge in [0.15, 0.2) is 0 Å². The highest BCUT2D eigenvalue weighted by molar-refractivity contribution is 7.98. The van der Waals surface area contributed by atoms with Crippen LogP contribution >= 0.6 is 11.8 Å². The molecule has 0 bridgehead atoms. The number of rotatable bonds is 5. The van der Waals surface area contributed by atoms with Gasteiger partial charge in [-0.05, 0) is 60.6 Å². The van der Waals surface area contributed by atoms with E-state index in [9.17, 15) is 0 Å². The maximum absolute atomic E-state index is 5.81. The lowest BCUT2D eigenvalue weighted by molar-refractivity contribution is 0.476. The van der Waals surface area contributed by atoms with Crippen LogP contribution in [0.25, 0.3) is 0 Å². The van der Waals surface area contributed by atoms with Gasteiger partial charge in [0, 0.05) is 11.7 Å². The third kappa shape index (κ3) is 3.17. The lowest BCUT2D eigenvalue weighted by Gasteiger charge is -2.17. The van der Waals surface area contributed by atoms with Gasteiger partial charge >= 0.3 is 0 Å². The van der Waals surface area contributed by atoms with E-state index in [4.69, 9.17) is 5.73 Å². The fourth-order valence-corrected chi connectivity index (χ4v) is 3.22. The van der Waals surface area contributed by atoms with Crippen molar-refractivity contribution >= 4 is 17.4 Å². The molecule has 1 aliphatic carbocycles. The molecule has 94 valence electrons. The van der Waals surface area contributed by atoms with E-state index >= 15 is 0 Å². The van der Waals surface area contributed by atoms with Crippen molar-refractivity contribution in [3.8, 4) is 0 Å². The van der Waals surface area contributed by atoms with Crippen molar-refractivity contribution < 1.29 is 0 Å². The molecule has 1 aromatic carbocycles. The normalized spacial score (nSPS) is 20.2. The lowest BCUT2D eigenvalue weighted by atomic mass is 10.1. The first-order valence-corrected chi connectivity index (χ1v) is 7.70. The number of nitrogens with two attached hydrogens (primary N) is 1. The summed E-state index contributed by atoms with van der Waals surface area (Å²) < 4.78 is 0. The van der Waals surface area contributed by atoms with Gasteiger partial charge in [0.25, 0.3) is 0 Å². The Labute approximate surface area is 108 Å². The molecule has 1 aliphatic rings. The van der Waals surface area contributed by atoms with E-state index in [1.54, 1.807) is 0 Å². The fraction of sp³-hybridized carbons (Fsp3) is 0.571. The smallest absolute Gasteiger partial charge is 0.0326 e. The van der Waals surface area contributed by atoms with E-state index in [1.165, 1.54) is 23.3 Å². The molecule has 0 saturated heterocycles. The van der Waals surface area contributed by atoms with Gasteiger partial charge in [-0.2, -0.15) is 11.8 Å². The standard InChI is InChI=1S/C14H22N2S/c1-10(9-17-2)8-16-14-6-3-11-7-12(15)4-5-13(11)14/h4-5,7,10,14,16H,3,6,8-9,15H2,1-2H3. The third-order valence-electron chi connectivity index (χ3n) is 3.41. The van der Waals surface area contributed by atoms with Crippen molar-refractivity contribution in [2.45, 2.75) is 25.8 Å². The minimum absolute atomic E-state index is 0.537. The van der Waals surface area contributed by atoms with Crippen LogP contribution in [-0.4, -0.2) is 18.6 Å². The molecular weight excluding hydrogens is 228 g/mol. The Bertz CT molecular complexity index is 378. The predicted molar refractivity (Wildman–Crippen MR) is 77.5 cm³/mol. The van der Waals surface area contributed by atoms with Crippen molar-refractivity contribution in [3.63, 3.8) is 0 Å². The maximum atomic E-state index is 5.81. The van der Waals surface area contributed by atoms with Crippen molar-refractivity contribution in [1.82, 2.24) is 5.32 Å². The monoisotopic (exact) mass is 250 g/mol. The zero-order chi connectivity index (χ0) is 12.3. The van der Waals surface area contributed by atoms with Crippen molar-refractivity contribution in [1.29, 1.82) is 0 Å².